The SMILES string of the molecule is CC(=O)N[C@@H]1[C@@H](O)C[C@](OCCCSCCNC(=O)c2ccc(C(=O)NCCSCCCO[C@]3(C(=O)O)C[C@H](O)[C@@H](NC(C)=O)[C@H](C(O)[C@H](O)CNC(=O)c4ccc(-c5ccccc5)cc4)O3)c(Br)c2)(C(=O)O)O[C@H]1C(O)[C@H](O)CNC(=O)c1ccc(-c2ccccc2)cc1.[Na+]. The Morgan fingerprint density at radius 3 is 1.26 bits per heavy atom. The number of aliphatic hydroxyl groups is 6. The van der Waals surface area contributed by atoms with Gasteiger partial charge in [0.15, 0.2) is 0 Å². The molecule has 6 amide bonds. The number of ether oxygens (including phenoxy) is 4. The van der Waals surface area contributed by atoms with Crippen molar-refractivity contribution in [3.05, 3.63) is 154 Å². The number of carbonyl (C=O) groups excluding carboxylic acids is 6. The van der Waals surface area contributed by atoms with Crippen LogP contribution in [0.3, 0.4) is 0 Å². The Kier molecular flexibility index (Phi) is 31.2. The molecule has 14 N–H and O–H groups in total. The average molecular weight is 1440 g/mol. The zero-order valence-corrected chi connectivity index (χ0v) is 58.2. The van der Waals surface area contributed by atoms with Gasteiger partial charge in [-0.05, 0) is 105 Å². The second-order valence-corrected chi connectivity index (χ2v) is 25.8. The summed E-state index contributed by atoms with van der Waals surface area (Å²) in [6.07, 6.45) is -14.8. The topological polar surface area (TPSA) is 408 Å². The van der Waals surface area contributed by atoms with Crippen LogP contribution in [0.4, 0.5) is 0 Å². The van der Waals surface area contributed by atoms with Gasteiger partial charge in [0.2, 0.25) is 11.8 Å². The summed E-state index contributed by atoms with van der Waals surface area (Å²) in [5.74, 6) is -9.77. The van der Waals surface area contributed by atoms with E-state index < -0.39 is 146 Å². The van der Waals surface area contributed by atoms with Gasteiger partial charge in [0.1, 0.15) is 24.4 Å². The largest absolute Gasteiger partial charge is 1.00 e. The van der Waals surface area contributed by atoms with E-state index in [1.54, 1.807) is 48.5 Å². The third-order valence-electron chi connectivity index (χ3n) is 15.5. The van der Waals surface area contributed by atoms with Crippen LogP contribution in [0.25, 0.3) is 22.3 Å². The van der Waals surface area contributed by atoms with Crippen molar-refractivity contribution in [2.45, 2.75) is 112 Å². The molecule has 2 fully saturated rings. The molecule has 0 saturated carbocycles. The molecule has 30 heteroatoms. The van der Waals surface area contributed by atoms with E-state index in [9.17, 15) is 79.2 Å². The Labute approximate surface area is 593 Å². The van der Waals surface area contributed by atoms with Gasteiger partial charge in [-0.3, -0.25) is 28.8 Å². The van der Waals surface area contributed by atoms with Crippen LogP contribution in [0.2, 0.25) is 0 Å². The molecule has 7 rings (SSSR count). The molecule has 96 heavy (non-hydrogen) atoms. The van der Waals surface area contributed by atoms with Crippen molar-refractivity contribution in [1.29, 1.82) is 0 Å². The van der Waals surface area contributed by atoms with Gasteiger partial charge in [0.05, 0.1) is 55.3 Å². The summed E-state index contributed by atoms with van der Waals surface area (Å²) in [5.41, 5.74) is 4.68. The van der Waals surface area contributed by atoms with Gasteiger partial charge >= 0.3 is 41.5 Å². The number of aliphatic carboxylic acids is 2. The number of nitrogens with one attached hydrogen (secondary N) is 6. The van der Waals surface area contributed by atoms with Crippen LogP contribution in [0, 0.1) is 0 Å². The predicted octanol–water partition coefficient (Wildman–Crippen LogP) is -0.299. The monoisotopic (exact) mass is 1440 g/mol. The number of carbonyl (C=O) groups is 8. The summed E-state index contributed by atoms with van der Waals surface area (Å²) in [5, 5.41) is 103. The molecule has 0 radical (unpaired) electrons. The van der Waals surface area contributed by atoms with Crippen molar-refractivity contribution in [1.82, 2.24) is 31.9 Å². The van der Waals surface area contributed by atoms with E-state index >= 15 is 0 Å². The van der Waals surface area contributed by atoms with Crippen LogP contribution in [0.15, 0.2) is 132 Å². The minimum absolute atomic E-state index is 0. The molecule has 26 nitrogen and oxygen atoms in total. The zero-order valence-electron chi connectivity index (χ0n) is 53.0. The number of hydrogen-bond acceptors (Lipinski definition) is 20. The van der Waals surface area contributed by atoms with Crippen LogP contribution in [-0.4, -0.2) is 223 Å². The fourth-order valence-corrected chi connectivity index (χ4v) is 12.7. The number of carboxylic acid groups (broad SMARTS) is 2. The number of thioether (sulfide) groups is 2. The fourth-order valence-electron chi connectivity index (χ4n) is 10.6. The summed E-state index contributed by atoms with van der Waals surface area (Å²) >= 11 is 6.21. The van der Waals surface area contributed by atoms with Crippen molar-refractivity contribution >= 4 is 86.8 Å². The molecule has 512 valence electrons. The first-order valence-electron chi connectivity index (χ1n) is 30.5. The summed E-state index contributed by atoms with van der Waals surface area (Å²) in [6, 6.07) is 34.1. The maximum absolute atomic E-state index is 13.1. The maximum Gasteiger partial charge on any atom is 1.00 e. The summed E-state index contributed by atoms with van der Waals surface area (Å²) in [4.78, 5) is 102. The van der Waals surface area contributed by atoms with Gasteiger partial charge in [0, 0.05) is 85.5 Å². The normalized spacial score (nSPS) is 21.9. The van der Waals surface area contributed by atoms with Crippen molar-refractivity contribution in [2.24, 2.45) is 0 Å². The molecule has 0 spiro atoms. The quantitative estimate of drug-likeness (QED) is 0.0186. The molecule has 5 aromatic rings. The minimum atomic E-state index is -2.50. The molecule has 12 atom stereocenters. The molecule has 0 aliphatic carbocycles. The second-order valence-electron chi connectivity index (χ2n) is 22.5. The Morgan fingerprint density at radius 1 is 0.521 bits per heavy atom. The van der Waals surface area contributed by atoms with E-state index in [1.807, 2.05) is 60.7 Å². The van der Waals surface area contributed by atoms with E-state index in [-0.39, 0.29) is 91.0 Å². The molecule has 2 aliphatic heterocycles. The van der Waals surface area contributed by atoms with Crippen molar-refractivity contribution in [3.63, 3.8) is 0 Å². The third-order valence-corrected chi connectivity index (χ3v) is 18.3. The first-order valence-corrected chi connectivity index (χ1v) is 33.6. The number of halogens is 1. The smallest absolute Gasteiger partial charge is 0.477 e. The van der Waals surface area contributed by atoms with Gasteiger partial charge in [0.25, 0.3) is 35.2 Å². The number of aliphatic hydroxyl groups excluding tert-OH is 6. The van der Waals surface area contributed by atoms with E-state index in [4.69, 9.17) is 18.9 Å². The van der Waals surface area contributed by atoms with Crippen molar-refractivity contribution in [2.75, 3.05) is 62.4 Å². The van der Waals surface area contributed by atoms with Gasteiger partial charge in [-0.1, -0.05) is 84.9 Å². The van der Waals surface area contributed by atoms with Crippen LogP contribution >= 0.6 is 39.5 Å². The number of benzene rings is 5. The first-order chi connectivity index (χ1) is 45.4. The predicted molar refractivity (Wildman–Crippen MR) is 354 cm³/mol. The third kappa shape index (κ3) is 22.1. The summed E-state index contributed by atoms with van der Waals surface area (Å²) in [6.45, 7) is 1.36. The minimum Gasteiger partial charge on any atom is -0.477 e. The maximum atomic E-state index is 13.1. The molecule has 5 aromatic carbocycles. The first kappa shape index (κ1) is 78.6. The second kappa shape index (κ2) is 38.1. The van der Waals surface area contributed by atoms with Crippen LogP contribution in [0.1, 0.15) is 81.0 Å². The number of carboxylic acids is 2. The number of hydrogen-bond donors (Lipinski definition) is 14. The summed E-state index contributed by atoms with van der Waals surface area (Å²) in [7, 11) is 0. The van der Waals surface area contributed by atoms with Crippen molar-refractivity contribution < 1.29 is 128 Å². The number of amides is 6. The Morgan fingerprint density at radius 2 is 0.885 bits per heavy atom. The molecule has 0 bridgehead atoms. The van der Waals surface area contributed by atoms with Gasteiger partial charge in [-0.15, -0.1) is 0 Å². The van der Waals surface area contributed by atoms with Gasteiger partial charge < -0.3 is 91.7 Å². The van der Waals surface area contributed by atoms with Gasteiger partial charge in [-0.2, -0.15) is 23.5 Å². The van der Waals surface area contributed by atoms with Crippen LogP contribution < -0.4 is 61.5 Å². The Balaban J connectivity index is 0.0000146. The summed E-state index contributed by atoms with van der Waals surface area (Å²) < 4.78 is 23.5. The molecule has 0 aromatic heterocycles. The van der Waals surface area contributed by atoms with E-state index in [2.05, 4.69) is 47.8 Å². The average Bonchev–Trinajstić information content (AvgIpc) is 0.777. The van der Waals surface area contributed by atoms with Crippen molar-refractivity contribution in [3.8, 4) is 22.3 Å². The van der Waals surface area contributed by atoms with E-state index in [0.29, 0.717) is 27.5 Å². The van der Waals surface area contributed by atoms with Crippen LogP contribution in [-0.2, 0) is 38.1 Å². The van der Waals surface area contributed by atoms with Gasteiger partial charge in [-0.25, -0.2) is 9.59 Å². The molecule has 2 aliphatic rings. The fraction of sp³-hybridized carbons (Fsp3) is 0.424. The standard InChI is InChI=1S/C66H79BrN6O20S2.Na/c1-38(74)72-53-49(76)34-65(63(86)87,92-57(53)55(80)51(78)36-70-59(82)44-19-15-42(16-20-44)40-11-5-3-6-12-40)90-27-9-29-94-31-25-68-61(84)46-23-24-47(48(67)33-46)62(85)69-26-32-95-30-10-28-91-66(64(88)89)35-50(77)54(73-39(2)75)58(93-66)56(81)52(79)37-71-60(83)45-21-17-43(18-22-45)41-13-7-4-8-14-41;/h3-8,11-24,33,49-58,76-81H,9-10,25-32,34-37H2,1-2H3,(H,68,84)(H,69,85)(H,70,82)(H,71,83)(H,72,74)(H,73,75)(H,86,87)(H,88,89);/q;+1/t49-,50-,51+,52+,53+,54+,55?,56?,57+,58+,65+,66+;/m0./s1. The van der Waals surface area contributed by atoms with E-state index in [1.165, 1.54) is 41.7 Å². The Hall–Kier alpha value is -6.36. The Bertz CT molecular complexity index is 3410. The molecular weight excluding hydrogens is 1360 g/mol. The molecule has 2 saturated heterocycles. The van der Waals surface area contributed by atoms with Crippen LogP contribution in [0.5, 0.6) is 0 Å². The molecule has 2 heterocycles. The zero-order chi connectivity index (χ0) is 68.8. The number of rotatable bonds is 34. The van der Waals surface area contributed by atoms with E-state index in [0.717, 1.165) is 36.1 Å². The molecular formula is C66H79BrN6NaO20S2+. The molecule has 2 unspecified atom stereocenters.